The van der Waals surface area contributed by atoms with Crippen LogP contribution < -0.4 is 15.5 Å². The van der Waals surface area contributed by atoms with Gasteiger partial charge in [-0.2, -0.15) is 0 Å². The number of benzene rings is 2. The van der Waals surface area contributed by atoms with E-state index in [1.165, 1.54) is 0 Å². The van der Waals surface area contributed by atoms with E-state index in [1.54, 1.807) is 11.0 Å². The van der Waals surface area contributed by atoms with Gasteiger partial charge in [0.1, 0.15) is 0 Å². The van der Waals surface area contributed by atoms with Crippen LogP contribution in [0.15, 0.2) is 48.5 Å². The summed E-state index contributed by atoms with van der Waals surface area (Å²) < 4.78 is 0. The maximum Gasteiger partial charge on any atom is 0.326 e. The molecular formula is C21H24N4O2. The molecule has 3 amide bonds. The van der Waals surface area contributed by atoms with Gasteiger partial charge in [0, 0.05) is 18.6 Å². The first kappa shape index (κ1) is 17.5. The van der Waals surface area contributed by atoms with Crippen LogP contribution in [0, 0.1) is 0 Å². The van der Waals surface area contributed by atoms with Gasteiger partial charge in [-0.25, -0.2) is 4.79 Å². The topological polar surface area (TPSA) is 64.7 Å². The molecule has 6 nitrogen and oxygen atoms in total. The number of para-hydroxylation sites is 3. The van der Waals surface area contributed by atoms with Crippen molar-refractivity contribution in [3.63, 3.8) is 0 Å². The summed E-state index contributed by atoms with van der Waals surface area (Å²) in [6, 6.07) is 15.0. The fourth-order valence-electron chi connectivity index (χ4n) is 3.83. The Morgan fingerprint density at radius 1 is 1.11 bits per heavy atom. The summed E-state index contributed by atoms with van der Waals surface area (Å²) in [5.74, 6) is -0.207. The molecule has 2 N–H and O–H groups in total. The minimum absolute atomic E-state index is 0.120. The zero-order chi connectivity index (χ0) is 19.0. The molecule has 2 aliphatic rings. The number of carbonyl (C=O) groups excluding carboxylic acids is 2. The second-order valence-electron chi connectivity index (χ2n) is 7.32. The molecule has 0 saturated carbocycles. The van der Waals surface area contributed by atoms with Crippen molar-refractivity contribution in [2.75, 3.05) is 23.8 Å². The van der Waals surface area contributed by atoms with Gasteiger partial charge in [-0.3, -0.25) is 9.69 Å². The van der Waals surface area contributed by atoms with Crippen LogP contribution in [0.3, 0.4) is 0 Å². The third kappa shape index (κ3) is 3.28. The molecule has 2 aromatic rings. The Bertz CT molecular complexity index is 882. The van der Waals surface area contributed by atoms with Crippen molar-refractivity contribution in [3.05, 3.63) is 54.1 Å². The molecule has 2 aliphatic heterocycles. The number of fused-ring (bicyclic) bond motifs is 2. The van der Waals surface area contributed by atoms with Gasteiger partial charge in [-0.1, -0.05) is 24.3 Å². The van der Waals surface area contributed by atoms with E-state index in [9.17, 15) is 9.59 Å². The quantitative estimate of drug-likeness (QED) is 0.813. The standard InChI is InChI=1S/C21H24N4O2/c1-14-13-15(11-12-24(14)2)22-21(27)25-18-9-5-3-7-16(18)20(26)23-17-8-4-6-10-19(17)25/h3-10,14-15H,11-13H2,1-2H3,(H,22,27)(H,23,26)/t14-,15-/m0/s1. The number of nitrogens with one attached hydrogen (secondary N) is 2. The Morgan fingerprint density at radius 2 is 1.81 bits per heavy atom. The lowest BCUT2D eigenvalue weighted by atomic mass is 9.99. The number of hydrogen-bond donors (Lipinski definition) is 2. The highest BCUT2D eigenvalue weighted by atomic mass is 16.2. The first-order valence-electron chi connectivity index (χ1n) is 9.35. The maximum atomic E-state index is 13.3. The van der Waals surface area contributed by atoms with Crippen LogP contribution >= 0.6 is 0 Å². The third-order valence-electron chi connectivity index (χ3n) is 5.52. The van der Waals surface area contributed by atoms with Crippen LogP contribution in [0.2, 0.25) is 0 Å². The van der Waals surface area contributed by atoms with Gasteiger partial charge in [0.05, 0.1) is 22.6 Å². The summed E-state index contributed by atoms with van der Waals surface area (Å²) in [6.07, 6.45) is 1.83. The Hall–Kier alpha value is -2.86. The van der Waals surface area contributed by atoms with E-state index in [2.05, 4.69) is 29.5 Å². The molecule has 2 atom stereocenters. The number of carbonyl (C=O) groups is 2. The van der Waals surface area contributed by atoms with E-state index < -0.39 is 0 Å². The van der Waals surface area contributed by atoms with Gasteiger partial charge >= 0.3 is 6.03 Å². The lowest BCUT2D eigenvalue weighted by molar-refractivity contribution is 0.102. The summed E-state index contributed by atoms with van der Waals surface area (Å²) in [5.41, 5.74) is 2.39. The molecule has 0 radical (unpaired) electrons. The van der Waals surface area contributed by atoms with Gasteiger partial charge in [0.25, 0.3) is 5.91 Å². The van der Waals surface area contributed by atoms with Gasteiger partial charge in [-0.05, 0) is 51.1 Å². The van der Waals surface area contributed by atoms with Crippen molar-refractivity contribution in [2.45, 2.75) is 31.8 Å². The number of likely N-dealkylation sites (tertiary alicyclic amines) is 1. The number of piperidine rings is 1. The number of nitrogens with zero attached hydrogens (tertiary/aromatic N) is 2. The molecule has 0 bridgehead atoms. The zero-order valence-electron chi connectivity index (χ0n) is 15.6. The Labute approximate surface area is 159 Å². The largest absolute Gasteiger partial charge is 0.335 e. The first-order chi connectivity index (χ1) is 13.0. The highest BCUT2D eigenvalue weighted by molar-refractivity contribution is 6.17. The molecule has 6 heteroatoms. The molecule has 0 aromatic heterocycles. The number of urea groups is 1. The highest BCUT2D eigenvalue weighted by Gasteiger charge is 2.31. The Morgan fingerprint density at radius 3 is 2.59 bits per heavy atom. The second kappa shape index (κ2) is 7.04. The Kier molecular flexibility index (Phi) is 4.58. The summed E-state index contributed by atoms with van der Waals surface area (Å²) in [6.45, 7) is 3.14. The van der Waals surface area contributed by atoms with Gasteiger partial charge < -0.3 is 15.5 Å². The smallest absolute Gasteiger partial charge is 0.326 e. The highest BCUT2D eigenvalue weighted by Crippen LogP contribution is 2.37. The Balaban J connectivity index is 1.70. The molecular weight excluding hydrogens is 340 g/mol. The van der Waals surface area contributed by atoms with Crippen molar-refractivity contribution >= 4 is 29.0 Å². The van der Waals surface area contributed by atoms with E-state index in [1.807, 2.05) is 42.5 Å². The van der Waals surface area contributed by atoms with Crippen LogP contribution in [0.25, 0.3) is 0 Å². The van der Waals surface area contributed by atoms with Crippen molar-refractivity contribution < 1.29 is 9.59 Å². The van der Waals surface area contributed by atoms with Crippen LogP contribution in [-0.4, -0.2) is 42.5 Å². The fraction of sp³-hybridized carbons (Fsp3) is 0.333. The summed E-state index contributed by atoms with van der Waals surface area (Å²) in [4.78, 5) is 29.9. The minimum Gasteiger partial charge on any atom is -0.335 e. The third-order valence-corrected chi connectivity index (χ3v) is 5.52. The number of hydrogen-bond acceptors (Lipinski definition) is 3. The number of rotatable bonds is 1. The molecule has 0 unspecified atom stereocenters. The average molecular weight is 364 g/mol. The number of anilines is 3. The van der Waals surface area contributed by atoms with Crippen LogP contribution in [0.5, 0.6) is 0 Å². The lowest BCUT2D eigenvalue weighted by Gasteiger charge is -2.36. The molecule has 1 saturated heterocycles. The average Bonchev–Trinajstić information content (AvgIpc) is 2.79. The normalized spacial score (nSPS) is 22.3. The predicted octanol–water partition coefficient (Wildman–Crippen LogP) is 3.58. The van der Waals surface area contributed by atoms with E-state index in [0.29, 0.717) is 28.7 Å². The van der Waals surface area contributed by atoms with Crippen LogP contribution in [0.4, 0.5) is 21.9 Å². The van der Waals surface area contributed by atoms with Gasteiger partial charge in [0.15, 0.2) is 0 Å². The minimum atomic E-state index is -0.207. The summed E-state index contributed by atoms with van der Waals surface area (Å²) in [5, 5.41) is 6.10. The van der Waals surface area contributed by atoms with E-state index in [-0.39, 0.29) is 18.0 Å². The molecule has 140 valence electrons. The monoisotopic (exact) mass is 364 g/mol. The first-order valence-corrected chi connectivity index (χ1v) is 9.35. The fourth-order valence-corrected chi connectivity index (χ4v) is 3.83. The van der Waals surface area contributed by atoms with E-state index >= 15 is 0 Å². The molecule has 4 rings (SSSR count). The van der Waals surface area contributed by atoms with E-state index in [4.69, 9.17) is 0 Å². The van der Waals surface area contributed by atoms with Gasteiger partial charge in [0.2, 0.25) is 0 Å². The molecule has 2 aromatic carbocycles. The summed E-state index contributed by atoms with van der Waals surface area (Å²) >= 11 is 0. The molecule has 27 heavy (non-hydrogen) atoms. The van der Waals surface area contributed by atoms with Gasteiger partial charge in [-0.15, -0.1) is 0 Å². The molecule has 0 spiro atoms. The van der Waals surface area contributed by atoms with Crippen LogP contribution in [0.1, 0.15) is 30.1 Å². The van der Waals surface area contributed by atoms with Crippen molar-refractivity contribution in [1.82, 2.24) is 10.2 Å². The second-order valence-corrected chi connectivity index (χ2v) is 7.32. The SMILES string of the molecule is C[C@H]1C[C@@H](NC(=O)N2c3ccccc3NC(=O)c3ccccc32)CCN1C. The van der Waals surface area contributed by atoms with Crippen LogP contribution in [-0.2, 0) is 0 Å². The maximum absolute atomic E-state index is 13.3. The molecule has 2 heterocycles. The molecule has 1 fully saturated rings. The molecule has 0 aliphatic carbocycles. The zero-order valence-corrected chi connectivity index (χ0v) is 15.6. The van der Waals surface area contributed by atoms with Crippen molar-refractivity contribution in [2.24, 2.45) is 0 Å². The van der Waals surface area contributed by atoms with E-state index in [0.717, 1.165) is 19.4 Å². The van der Waals surface area contributed by atoms with Crippen molar-refractivity contribution in [1.29, 1.82) is 0 Å². The predicted molar refractivity (Wildman–Crippen MR) is 107 cm³/mol. The number of amides is 3. The van der Waals surface area contributed by atoms with Crippen molar-refractivity contribution in [3.8, 4) is 0 Å². The summed E-state index contributed by atoms with van der Waals surface area (Å²) in [7, 11) is 2.11. The lowest BCUT2D eigenvalue weighted by Crippen LogP contribution is -2.50.